The van der Waals surface area contributed by atoms with Gasteiger partial charge in [-0.3, -0.25) is 4.79 Å². The zero-order valence-electron chi connectivity index (χ0n) is 15.5. The Bertz CT molecular complexity index is 997. The number of hydrogen-bond donors (Lipinski definition) is 1. The van der Waals surface area contributed by atoms with Gasteiger partial charge in [-0.25, -0.2) is 4.79 Å². The van der Waals surface area contributed by atoms with E-state index in [1.807, 2.05) is 49.4 Å². The largest absolute Gasteiger partial charge is 0.496 e. The highest BCUT2D eigenvalue weighted by Crippen LogP contribution is 2.27. The Morgan fingerprint density at radius 2 is 1.67 bits per heavy atom. The molecule has 0 heterocycles. The van der Waals surface area contributed by atoms with Crippen molar-refractivity contribution in [3.63, 3.8) is 0 Å². The summed E-state index contributed by atoms with van der Waals surface area (Å²) in [5.41, 5.74) is 1.97. The van der Waals surface area contributed by atoms with Crippen LogP contribution in [0, 0.1) is 6.92 Å². The Morgan fingerprint density at radius 3 is 2.33 bits per heavy atom. The van der Waals surface area contributed by atoms with E-state index < -0.39 is 18.0 Å². The molecule has 0 saturated carbocycles. The number of carbonyl (C=O) groups excluding carboxylic acids is 2. The van der Waals surface area contributed by atoms with Gasteiger partial charge in [0, 0.05) is 5.69 Å². The monoisotopic (exact) mass is 363 g/mol. The van der Waals surface area contributed by atoms with Crippen molar-refractivity contribution in [3.8, 4) is 5.75 Å². The van der Waals surface area contributed by atoms with Gasteiger partial charge in [0.15, 0.2) is 6.10 Å². The Kier molecular flexibility index (Phi) is 5.41. The van der Waals surface area contributed by atoms with E-state index in [-0.39, 0.29) is 5.56 Å². The number of amides is 1. The fraction of sp³-hybridized carbons (Fsp3) is 0.182. The highest BCUT2D eigenvalue weighted by atomic mass is 16.5. The summed E-state index contributed by atoms with van der Waals surface area (Å²) in [7, 11) is 1.49. The third kappa shape index (κ3) is 4.26. The highest BCUT2D eigenvalue weighted by Gasteiger charge is 2.22. The maximum Gasteiger partial charge on any atom is 0.342 e. The molecule has 0 saturated heterocycles. The summed E-state index contributed by atoms with van der Waals surface area (Å²) in [6.07, 6.45) is -0.950. The number of methoxy groups -OCH3 is 1. The van der Waals surface area contributed by atoms with Gasteiger partial charge in [0.25, 0.3) is 5.91 Å². The van der Waals surface area contributed by atoms with E-state index in [1.165, 1.54) is 14.0 Å². The summed E-state index contributed by atoms with van der Waals surface area (Å²) in [4.78, 5) is 24.9. The van der Waals surface area contributed by atoms with Gasteiger partial charge >= 0.3 is 5.97 Å². The van der Waals surface area contributed by atoms with Crippen molar-refractivity contribution < 1.29 is 19.1 Å². The van der Waals surface area contributed by atoms with Gasteiger partial charge in [0.2, 0.25) is 0 Å². The number of aryl methyl sites for hydroxylation is 1. The first-order valence-electron chi connectivity index (χ1n) is 8.63. The third-order valence-corrected chi connectivity index (χ3v) is 4.23. The maximum atomic E-state index is 12.6. The first kappa shape index (κ1) is 18.5. The van der Waals surface area contributed by atoms with Crippen LogP contribution in [0.2, 0.25) is 0 Å². The van der Waals surface area contributed by atoms with Gasteiger partial charge in [-0.15, -0.1) is 0 Å². The summed E-state index contributed by atoms with van der Waals surface area (Å²) in [5, 5.41) is 4.60. The second kappa shape index (κ2) is 7.91. The van der Waals surface area contributed by atoms with E-state index >= 15 is 0 Å². The standard InChI is InChI=1S/C22H21NO4/c1-14-7-6-10-18(11-14)23-21(24)15(2)27-22(25)19-12-16-8-4-5-9-17(16)13-20(19)26-3/h4-13,15H,1-3H3,(H,23,24)/t15-/m0/s1. The SMILES string of the molecule is COc1cc2ccccc2cc1C(=O)O[C@@H](C)C(=O)Nc1cccc(C)c1. The summed E-state index contributed by atoms with van der Waals surface area (Å²) in [6, 6.07) is 18.5. The number of anilines is 1. The molecule has 1 atom stereocenters. The molecule has 0 aliphatic heterocycles. The molecule has 0 aliphatic carbocycles. The second-order valence-corrected chi connectivity index (χ2v) is 6.31. The highest BCUT2D eigenvalue weighted by molar-refractivity contribution is 6.01. The van der Waals surface area contributed by atoms with E-state index in [1.54, 1.807) is 18.2 Å². The summed E-state index contributed by atoms with van der Waals surface area (Å²) in [5.74, 6) is -0.594. The molecule has 3 aromatic carbocycles. The molecule has 0 bridgehead atoms. The zero-order chi connectivity index (χ0) is 19.4. The number of benzene rings is 3. The van der Waals surface area contributed by atoms with Crippen LogP contribution in [-0.4, -0.2) is 25.1 Å². The first-order chi connectivity index (χ1) is 13.0. The van der Waals surface area contributed by atoms with Crippen LogP contribution in [0.1, 0.15) is 22.8 Å². The van der Waals surface area contributed by atoms with Gasteiger partial charge in [0.05, 0.1) is 7.11 Å². The van der Waals surface area contributed by atoms with Crippen molar-refractivity contribution in [1.82, 2.24) is 0 Å². The van der Waals surface area contributed by atoms with Crippen molar-refractivity contribution in [2.24, 2.45) is 0 Å². The molecule has 0 aromatic heterocycles. The lowest BCUT2D eigenvalue weighted by Crippen LogP contribution is -2.30. The van der Waals surface area contributed by atoms with Crippen LogP contribution in [-0.2, 0) is 9.53 Å². The van der Waals surface area contributed by atoms with E-state index in [9.17, 15) is 9.59 Å². The van der Waals surface area contributed by atoms with E-state index in [2.05, 4.69) is 5.32 Å². The van der Waals surface area contributed by atoms with Crippen LogP contribution in [0.4, 0.5) is 5.69 Å². The van der Waals surface area contributed by atoms with Gasteiger partial charge in [-0.1, -0.05) is 36.4 Å². The topological polar surface area (TPSA) is 64.6 Å². The fourth-order valence-corrected chi connectivity index (χ4v) is 2.79. The average molecular weight is 363 g/mol. The van der Waals surface area contributed by atoms with Crippen molar-refractivity contribution in [2.75, 3.05) is 12.4 Å². The van der Waals surface area contributed by atoms with Gasteiger partial charge < -0.3 is 14.8 Å². The molecule has 5 heteroatoms. The number of rotatable bonds is 5. The molecule has 0 unspecified atom stereocenters. The van der Waals surface area contributed by atoms with Crippen molar-refractivity contribution in [1.29, 1.82) is 0 Å². The molecule has 1 N–H and O–H groups in total. The van der Waals surface area contributed by atoms with Crippen LogP contribution in [0.5, 0.6) is 5.75 Å². The molecule has 3 rings (SSSR count). The fourth-order valence-electron chi connectivity index (χ4n) is 2.79. The molecule has 138 valence electrons. The lowest BCUT2D eigenvalue weighted by molar-refractivity contribution is -0.123. The quantitative estimate of drug-likeness (QED) is 0.685. The molecule has 0 spiro atoms. The number of ether oxygens (including phenoxy) is 2. The molecule has 0 fully saturated rings. The van der Waals surface area contributed by atoms with E-state index in [0.717, 1.165) is 16.3 Å². The van der Waals surface area contributed by atoms with Crippen LogP contribution in [0.25, 0.3) is 10.8 Å². The van der Waals surface area contributed by atoms with Crippen LogP contribution in [0.3, 0.4) is 0 Å². The summed E-state index contributed by atoms with van der Waals surface area (Å²) >= 11 is 0. The van der Waals surface area contributed by atoms with Crippen molar-refractivity contribution in [3.05, 3.63) is 71.8 Å². The molecule has 27 heavy (non-hydrogen) atoms. The van der Waals surface area contributed by atoms with Gasteiger partial charge in [-0.05, 0) is 54.4 Å². The summed E-state index contributed by atoms with van der Waals surface area (Å²) < 4.78 is 10.7. The Balaban J connectivity index is 1.76. The first-order valence-corrected chi connectivity index (χ1v) is 8.63. The second-order valence-electron chi connectivity index (χ2n) is 6.31. The molecule has 1 amide bonds. The minimum absolute atomic E-state index is 0.284. The predicted octanol–water partition coefficient (Wildman–Crippen LogP) is 4.34. The molecule has 3 aromatic rings. The molecule has 5 nitrogen and oxygen atoms in total. The number of hydrogen-bond acceptors (Lipinski definition) is 4. The minimum Gasteiger partial charge on any atom is -0.496 e. The number of nitrogens with one attached hydrogen (secondary N) is 1. The van der Waals surface area contributed by atoms with Crippen LogP contribution < -0.4 is 10.1 Å². The predicted molar refractivity (Wildman–Crippen MR) is 105 cm³/mol. The number of carbonyl (C=O) groups is 2. The van der Waals surface area contributed by atoms with Gasteiger partial charge in [0.1, 0.15) is 11.3 Å². The Labute approximate surface area is 157 Å². The lowest BCUT2D eigenvalue weighted by atomic mass is 10.1. The average Bonchev–Trinajstić information content (AvgIpc) is 2.66. The molecular weight excluding hydrogens is 342 g/mol. The van der Waals surface area contributed by atoms with Crippen LogP contribution >= 0.6 is 0 Å². The smallest absolute Gasteiger partial charge is 0.342 e. The third-order valence-electron chi connectivity index (χ3n) is 4.23. The van der Waals surface area contributed by atoms with Crippen molar-refractivity contribution in [2.45, 2.75) is 20.0 Å². The van der Waals surface area contributed by atoms with Crippen molar-refractivity contribution >= 4 is 28.3 Å². The Morgan fingerprint density at radius 1 is 0.963 bits per heavy atom. The number of fused-ring (bicyclic) bond motifs is 1. The molecular formula is C22H21NO4. The Hall–Kier alpha value is -3.34. The normalized spacial score (nSPS) is 11.7. The zero-order valence-corrected chi connectivity index (χ0v) is 15.5. The van der Waals surface area contributed by atoms with E-state index in [0.29, 0.717) is 11.4 Å². The maximum absolute atomic E-state index is 12.6. The molecule has 0 radical (unpaired) electrons. The number of esters is 1. The van der Waals surface area contributed by atoms with E-state index in [4.69, 9.17) is 9.47 Å². The van der Waals surface area contributed by atoms with Gasteiger partial charge in [-0.2, -0.15) is 0 Å². The minimum atomic E-state index is -0.950. The van der Waals surface area contributed by atoms with Crippen LogP contribution in [0.15, 0.2) is 60.7 Å². The summed E-state index contributed by atoms with van der Waals surface area (Å²) in [6.45, 7) is 3.47. The molecule has 0 aliphatic rings. The lowest BCUT2D eigenvalue weighted by Gasteiger charge is -2.15.